The minimum Gasteiger partial charge on any atom is -0.242 e. The van der Waals surface area contributed by atoms with Crippen LogP contribution in [-0.2, 0) is 0 Å². The Bertz CT molecular complexity index is 117. The Kier molecular flexibility index (Phi) is 3.69. The monoisotopic (exact) mass is 174 g/mol. The molecule has 0 aromatic rings. The molecule has 0 aromatic carbocycles. The van der Waals surface area contributed by atoms with Gasteiger partial charge in [-0.3, -0.25) is 0 Å². The summed E-state index contributed by atoms with van der Waals surface area (Å²) >= 11 is 1.79. The topological polar surface area (TPSA) is 15.3 Å². The molecule has 0 aromatic heterocycles. The van der Waals surface area contributed by atoms with Crippen LogP contribution in [0, 0.1) is 5.92 Å². The SMILES string of the molecule is CSN1CCC(CC(C)C)N1. The van der Waals surface area contributed by atoms with Gasteiger partial charge in [-0.2, -0.15) is 4.41 Å². The summed E-state index contributed by atoms with van der Waals surface area (Å²) < 4.78 is 2.23. The molecule has 0 amide bonds. The second-order valence-corrected chi connectivity index (χ2v) is 4.33. The summed E-state index contributed by atoms with van der Waals surface area (Å²) in [6, 6.07) is 0.724. The van der Waals surface area contributed by atoms with Crippen LogP contribution in [0.25, 0.3) is 0 Å². The van der Waals surface area contributed by atoms with Crippen LogP contribution in [0.5, 0.6) is 0 Å². The van der Waals surface area contributed by atoms with Crippen LogP contribution in [-0.4, -0.2) is 23.3 Å². The molecule has 11 heavy (non-hydrogen) atoms. The Morgan fingerprint density at radius 1 is 1.64 bits per heavy atom. The van der Waals surface area contributed by atoms with Crippen LogP contribution in [0.2, 0.25) is 0 Å². The van der Waals surface area contributed by atoms with E-state index < -0.39 is 0 Å². The smallest absolute Gasteiger partial charge is 0.0260 e. The number of hydrogen-bond acceptors (Lipinski definition) is 3. The summed E-state index contributed by atoms with van der Waals surface area (Å²) in [5.74, 6) is 0.814. The maximum atomic E-state index is 3.47. The molecule has 1 heterocycles. The Labute approximate surface area is 73.8 Å². The summed E-state index contributed by atoms with van der Waals surface area (Å²) in [6.07, 6.45) is 4.72. The van der Waals surface area contributed by atoms with Gasteiger partial charge in [0.05, 0.1) is 0 Å². The van der Waals surface area contributed by atoms with Crippen molar-refractivity contribution >= 4 is 11.9 Å². The molecule has 0 bridgehead atoms. The van der Waals surface area contributed by atoms with Gasteiger partial charge in [0.1, 0.15) is 0 Å². The molecule has 2 nitrogen and oxygen atoms in total. The largest absolute Gasteiger partial charge is 0.242 e. The van der Waals surface area contributed by atoms with E-state index in [0.717, 1.165) is 12.0 Å². The fourth-order valence-corrected chi connectivity index (χ4v) is 2.03. The van der Waals surface area contributed by atoms with E-state index in [-0.39, 0.29) is 0 Å². The highest BCUT2D eigenvalue weighted by molar-refractivity contribution is 7.96. The van der Waals surface area contributed by atoms with E-state index in [1.165, 1.54) is 19.4 Å². The molecular weight excluding hydrogens is 156 g/mol. The van der Waals surface area contributed by atoms with E-state index in [0.29, 0.717) is 0 Å². The zero-order valence-electron chi connectivity index (χ0n) is 7.63. The van der Waals surface area contributed by atoms with Crippen molar-refractivity contribution in [2.45, 2.75) is 32.7 Å². The van der Waals surface area contributed by atoms with E-state index in [2.05, 4.69) is 29.9 Å². The van der Waals surface area contributed by atoms with E-state index in [9.17, 15) is 0 Å². The van der Waals surface area contributed by atoms with Crippen LogP contribution in [0.15, 0.2) is 0 Å². The zero-order valence-corrected chi connectivity index (χ0v) is 8.45. The highest BCUT2D eigenvalue weighted by atomic mass is 32.2. The molecule has 3 heteroatoms. The lowest BCUT2D eigenvalue weighted by Gasteiger charge is -2.15. The molecule has 1 saturated heterocycles. The highest BCUT2D eigenvalue weighted by Crippen LogP contribution is 2.17. The summed E-state index contributed by atoms with van der Waals surface area (Å²) in [7, 11) is 0. The molecule has 0 spiro atoms. The lowest BCUT2D eigenvalue weighted by molar-refractivity contribution is 0.376. The Morgan fingerprint density at radius 3 is 2.82 bits per heavy atom. The Morgan fingerprint density at radius 2 is 2.36 bits per heavy atom. The van der Waals surface area contributed by atoms with Crippen molar-refractivity contribution in [2.24, 2.45) is 5.92 Å². The van der Waals surface area contributed by atoms with Gasteiger partial charge < -0.3 is 0 Å². The summed E-state index contributed by atoms with van der Waals surface area (Å²) in [5.41, 5.74) is 3.47. The van der Waals surface area contributed by atoms with Gasteiger partial charge in [0, 0.05) is 12.6 Å². The maximum Gasteiger partial charge on any atom is 0.0260 e. The molecule has 1 aliphatic rings. The zero-order chi connectivity index (χ0) is 8.27. The molecule has 0 radical (unpaired) electrons. The second kappa shape index (κ2) is 4.33. The van der Waals surface area contributed by atoms with E-state index >= 15 is 0 Å². The van der Waals surface area contributed by atoms with Gasteiger partial charge in [-0.05, 0) is 25.0 Å². The van der Waals surface area contributed by atoms with Crippen molar-refractivity contribution in [1.82, 2.24) is 9.84 Å². The van der Waals surface area contributed by atoms with E-state index in [4.69, 9.17) is 0 Å². The predicted octanol–water partition coefficient (Wildman–Crippen LogP) is 1.89. The van der Waals surface area contributed by atoms with Crippen molar-refractivity contribution in [3.8, 4) is 0 Å². The summed E-state index contributed by atoms with van der Waals surface area (Å²) in [4.78, 5) is 0. The highest BCUT2D eigenvalue weighted by Gasteiger charge is 2.21. The fourth-order valence-electron chi connectivity index (χ4n) is 1.49. The van der Waals surface area contributed by atoms with Crippen molar-refractivity contribution in [1.29, 1.82) is 0 Å². The third kappa shape index (κ3) is 3.01. The molecule has 1 aliphatic heterocycles. The molecule has 1 atom stereocenters. The lowest BCUT2D eigenvalue weighted by atomic mass is 10.0. The molecule has 1 N–H and O–H groups in total. The van der Waals surface area contributed by atoms with Crippen molar-refractivity contribution in [2.75, 3.05) is 12.8 Å². The average molecular weight is 174 g/mol. The van der Waals surface area contributed by atoms with E-state index in [1.807, 2.05) is 0 Å². The van der Waals surface area contributed by atoms with Gasteiger partial charge in [0.25, 0.3) is 0 Å². The van der Waals surface area contributed by atoms with Gasteiger partial charge >= 0.3 is 0 Å². The van der Waals surface area contributed by atoms with Crippen LogP contribution < -0.4 is 5.43 Å². The molecule has 0 saturated carbocycles. The van der Waals surface area contributed by atoms with Crippen LogP contribution in [0.4, 0.5) is 0 Å². The first-order valence-corrected chi connectivity index (χ1v) is 5.48. The minimum atomic E-state index is 0.724. The molecule has 1 fully saturated rings. The number of nitrogens with one attached hydrogen (secondary N) is 1. The quantitative estimate of drug-likeness (QED) is 0.658. The first-order valence-electron chi connectivity index (χ1n) is 4.30. The molecule has 66 valence electrons. The molecule has 1 unspecified atom stereocenters. The third-order valence-electron chi connectivity index (χ3n) is 1.98. The standard InChI is InChI=1S/C8H18N2S/c1-7(2)6-8-4-5-10(9-8)11-3/h7-9H,4-6H2,1-3H3. The minimum absolute atomic E-state index is 0.724. The van der Waals surface area contributed by atoms with Crippen LogP contribution in [0.1, 0.15) is 26.7 Å². The molecule has 1 rings (SSSR count). The summed E-state index contributed by atoms with van der Waals surface area (Å²) in [6.45, 7) is 5.76. The van der Waals surface area contributed by atoms with Crippen molar-refractivity contribution in [3.05, 3.63) is 0 Å². The van der Waals surface area contributed by atoms with Gasteiger partial charge in [0.2, 0.25) is 0 Å². The van der Waals surface area contributed by atoms with Gasteiger partial charge in [-0.25, -0.2) is 5.43 Å². The van der Waals surface area contributed by atoms with Gasteiger partial charge in [-0.15, -0.1) is 0 Å². The number of hydrogen-bond donors (Lipinski definition) is 1. The van der Waals surface area contributed by atoms with Crippen molar-refractivity contribution in [3.63, 3.8) is 0 Å². The molecule has 0 aliphatic carbocycles. The predicted molar refractivity (Wildman–Crippen MR) is 51.2 cm³/mol. The normalized spacial score (nSPS) is 26.7. The first kappa shape index (κ1) is 9.36. The maximum absolute atomic E-state index is 3.47. The Hall–Kier alpha value is 0.270. The Balaban J connectivity index is 2.19. The van der Waals surface area contributed by atoms with Crippen LogP contribution in [0.3, 0.4) is 0 Å². The van der Waals surface area contributed by atoms with E-state index in [1.54, 1.807) is 11.9 Å². The number of rotatable bonds is 3. The molecular formula is C8H18N2S. The number of nitrogens with zero attached hydrogens (tertiary/aromatic N) is 1. The lowest BCUT2D eigenvalue weighted by Crippen LogP contribution is -2.30. The van der Waals surface area contributed by atoms with Gasteiger partial charge in [-0.1, -0.05) is 25.8 Å². The summed E-state index contributed by atoms with van der Waals surface area (Å²) in [5, 5.41) is 0. The van der Waals surface area contributed by atoms with Crippen LogP contribution >= 0.6 is 11.9 Å². The van der Waals surface area contributed by atoms with Crippen molar-refractivity contribution < 1.29 is 0 Å². The number of hydrazine groups is 1. The average Bonchev–Trinajstić information content (AvgIpc) is 2.34. The van der Waals surface area contributed by atoms with Gasteiger partial charge in [0.15, 0.2) is 0 Å². The third-order valence-corrected chi connectivity index (χ3v) is 2.71. The first-order chi connectivity index (χ1) is 5.22. The second-order valence-electron chi connectivity index (χ2n) is 3.53. The fraction of sp³-hybridized carbons (Fsp3) is 1.00.